The van der Waals surface area contributed by atoms with E-state index in [1.807, 2.05) is 51.1 Å². The highest BCUT2D eigenvalue weighted by molar-refractivity contribution is 7.92. The maximum atomic E-state index is 13.9. The van der Waals surface area contributed by atoms with E-state index in [-0.39, 0.29) is 17.3 Å². The summed E-state index contributed by atoms with van der Waals surface area (Å²) < 4.78 is 28.6. The predicted octanol–water partition coefficient (Wildman–Crippen LogP) is 4.05. The van der Waals surface area contributed by atoms with Crippen molar-refractivity contribution < 1.29 is 18.0 Å². The number of carbonyl (C=O) groups excluding carboxylic acids is 2. The van der Waals surface area contributed by atoms with Gasteiger partial charge in [-0.3, -0.25) is 13.9 Å². The van der Waals surface area contributed by atoms with Crippen molar-refractivity contribution in [3.05, 3.63) is 95.6 Å². The Hall–Kier alpha value is -3.65. The van der Waals surface area contributed by atoms with Crippen molar-refractivity contribution in [2.45, 2.75) is 44.7 Å². The number of hydrogen-bond acceptors (Lipinski definition) is 4. The second-order valence-electron chi connectivity index (χ2n) is 8.65. The first-order chi connectivity index (χ1) is 17.2. The van der Waals surface area contributed by atoms with Crippen LogP contribution in [0.5, 0.6) is 0 Å². The van der Waals surface area contributed by atoms with Crippen LogP contribution in [-0.2, 0) is 26.2 Å². The average Bonchev–Trinajstić information content (AvgIpc) is 2.88. The largest absolute Gasteiger partial charge is 0.357 e. The first-order valence-corrected chi connectivity index (χ1v) is 13.3. The molecule has 8 heteroatoms. The molecule has 0 aliphatic carbocycles. The fourth-order valence-electron chi connectivity index (χ4n) is 4.09. The van der Waals surface area contributed by atoms with E-state index < -0.39 is 28.5 Å². The molecule has 0 saturated heterocycles. The van der Waals surface area contributed by atoms with Crippen LogP contribution in [0, 0.1) is 13.8 Å². The van der Waals surface area contributed by atoms with E-state index >= 15 is 0 Å². The van der Waals surface area contributed by atoms with Crippen molar-refractivity contribution >= 4 is 27.5 Å². The third-order valence-electron chi connectivity index (χ3n) is 6.13. The SMILES string of the molecule is CC[C@@H](C(=O)NC)N(Cc1ccccc1C)C(=O)CN(c1cccc(C)c1)S(=O)(=O)c1ccccc1. The van der Waals surface area contributed by atoms with E-state index in [4.69, 9.17) is 0 Å². The fraction of sp³-hybridized carbons (Fsp3) is 0.286. The van der Waals surface area contributed by atoms with Crippen LogP contribution >= 0.6 is 0 Å². The molecule has 3 aromatic carbocycles. The van der Waals surface area contributed by atoms with Crippen LogP contribution in [0.4, 0.5) is 5.69 Å². The smallest absolute Gasteiger partial charge is 0.264 e. The topological polar surface area (TPSA) is 86.8 Å². The Bertz CT molecular complexity index is 1310. The number of anilines is 1. The van der Waals surface area contributed by atoms with Gasteiger partial charge in [-0.2, -0.15) is 0 Å². The highest BCUT2D eigenvalue weighted by Crippen LogP contribution is 2.25. The van der Waals surface area contributed by atoms with Crippen LogP contribution in [0.3, 0.4) is 0 Å². The molecule has 7 nitrogen and oxygen atoms in total. The number of benzene rings is 3. The van der Waals surface area contributed by atoms with Crippen LogP contribution in [-0.4, -0.2) is 44.8 Å². The normalized spacial score (nSPS) is 12.0. The van der Waals surface area contributed by atoms with Crippen LogP contribution < -0.4 is 9.62 Å². The number of nitrogens with zero attached hydrogens (tertiary/aromatic N) is 2. The Balaban J connectivity index is 2.06. The number of aryl methyl sites for hydroxylation is 2. The summed E-state index contributed by atoms with van der Waals surface area (Å²) >= 11 is 0. The summed E-state index contributed by atoms with van der Waals surface area (Å²) in [5.41, 5.74) is 3.12. The highest BCUT2D eigenvalue weighted by atomic mass is 32.2. The number of carbonyl (C=O) groups is 2. The number of amides is 2. The zero-order chi connectivity index (χ0) is 26.3. The average molecular weight is 508 g/mol. The number of sulfonamides is 1. The van der Waals surface area contributed by atoms with Crippen LogP contribution in [0.2, 0.25) is 0 Å². The molecule has 0 fully saturated rings. The number of likely N-dealkylation sites (N-methyl/N-ethyl adjacent to an activating group) is 1. The van der Waals surface area contributed by atoms with E-state index in [0.29, 0.717) is 12.1 Å². The van der Waals surface area contributed by atoms with Gasteiger partial charge in [-0.1, -0.05) is 61.5 Å². The molecule has 0 saturated carbocycles. The Kier molecular flexibility index (Phi) is 8.88. The van der Waals surface area contributed by atoms with Gasteiger partial charge in [0.1, 0.15) is 12.6 Å². The molecule has 36 heavy (non-hydrogen) atoms. The van der Waals surface area contributed by atoms with Gasteiger partial charge in [0.25, 0.3) is 10.0 Å². The zero-order valence-corrected chi connectivity index (χ0v) is 22.0. The second kappa shape index (κ2) is 11.9. The molecule has 3 rings (SSSR count). The molecule has 0 unspecified atom stereocenters. The lowest BCUT2D eigenvalue weighted by Gasteiger charge is -2.33. The number of nitrogens with one attached hydrogen (secondary N) is 1. The Labute approximate surface area is 213 Å². The molecule has 0 aliphatic heterocycles. The summed E-state index contributed by atoms with van der Waals surface area (Å²) in [7, 11) is -2.53. The molecule has 1 atom stereocenters. The lowest BCUT2D eigenvalue weighted by molar-refractivity contribution is -0.140. The minimum Gasteiger partial charge on any atom is -0.357 e. The zero-order valence-electron chi connectivity index (χ0n) is 21.1. The quantitative estimate of drug-likeness (QED) is 0.449. The fourth-order valence-corrected chi connectivity index (χ4v) is 5.52. The minimum atomic E-state index is -4.05. The standard InChI is InChI=1S/C28H33N3O4S/c1-5-26(28(33)29-4)30(19-23-14-10-9-13-22(23)3)27(32)20-31(24-15-11-12-21(2)18-24)36(34,35)25-16-7-6-8-17-25/h6-18,26H,5,19-20H2,1-4H3,(H,29,33)/t26-/m0/s1. The summed E-state index contributed by atoms with van der Waals surface area (Å²) in [6, 6.07) is 22.0. The molecular formula is C28H33N3O4S. The van der Waals surface area contributed by atoms with E-state index in [0.717, 1.165) is 21.0 Å². The van der Waals surface area contributed by atoms with Crippen molar-refractivity contribution in [1.29, 1.82) is 0 Å². The van der Waals surface area contributed by atoms with Crippen LogP contribution in [0.15, 0.2) is 83.8 Å². The van der Waals surface area contributed by atoms with Gasteiger partial charge in [-0.05, 0) is 61.2 Å². The van der Waals surface area contributed by atoms with Crippen molar-refractivity contribution in [2.24, 2.45) is 0 Å². The van der Waals surface area contributed by atoms with Gasteiger partial charge < -0.3 is 10.2 Å². The van der Waals surface area contributed by atoms with Crippen molar-refractivity contribution in [3.8, 4) is 0 Å². The third kappa shape index (κ3) is 6.12. The van der Waals surface area contributed by atoms with Gasteiger partial charge in [-0.25, -0.2) is 8.42 Å². The summed E-state index contributed by atoms with van der Waals surface area (Å²) in [5.74, 6) is -0.762. The molecule has 0 radical (unpaired) electrons. The van der Waals surface area contributed by atoms with Gasteiger partial charge in [-0.15, -0.1) is 0 Å². The Morgan fingerprint density at radius 1 is 0.917 bits per heavy atom. The molecule has 2 amide bonds. The lowest BCUT2D eigenvalue weighted by atomic mass is 10.1. The second-order valence-corrected chi connectivity index (χ2v) is 10.5. The van der Waals surface area contributed by atoms with Gasteiger partial charge >= 0.3 is 0 Å². The van der Waals surface area contributed by atoms with Crippen molar-refractivity contribution in [2.75, 3.05) is 17.9 Å². The van der Waals surface area contributed by atoms with Crippen molar-refractivity contribution in [3.63, 3.8) is 0 Å². The van der Waals surface area contributed by atoms with E-state index in [9.17, 15) is 18.0 Å². The first kappa shape index (κ1) is 26.9. The Morgan fingerprint density at radius 2 is 1.58 bits per heavy atom. The maximum Gasteiger partial charge on any atom is 0.264 e. The summed E-state index contributed by atoms with van der Waals surface area (Å²) in [6.45, 7) is 5.38. The third-order valence-corrected chi connectivity index (χ3v) is 7.92. The molecule has 0 bridgehead atoms. The Morgan fingerprint density at radius 3 is 2.19 bits per heavy atom. The van der Waals surface area contributed by atoms with Gasteiger partial charge in [0.15, 0.2) is 0 Å². The molecule has 0 spiro atoms. The number of rotatable bonds is 10. The molecule has 3 aromatic rings. The van der Waals surface area contributed by atoms with Crippen LogP contribution in [0.25, 0.3) is 0 Å². The van der Waals surface area contributed by atoms with Crippen molar-refractivity contribution in [1.82, 2.24) is 10.2 Å². The summed E-state index contributed by atoms with van der Waals surface area (Å²) in [5, 5.41) is 2.64. The van der Waals surface area contributed by atoms with Gasteiger partial charge in [0, 0.05) is 13.6 Å². The lowest BCUT2D eigenvalue weighted by Crippen LogP contribution is -2.51. The molecule has 190 valence electrons. The summed E-state index contributed by atoms with van der Waals surface area (Å²) in [4.78, 5) is 28.2. The predicted molar refractivity (Wildman–Crippen MR) is 142 cm³/mol. The summed E-state index contributed by atoms with van der Waals surface area (Å²) in [6.07, 6.45) is 0.382. The highest BCUT2D eigenvalue weighted by Gasteiger charge is 2.33. The molecule has 0 heterocycles. The monoisotopic (exact) mass is 507 g/mol. The molecule has 1 N–H and O–H groups in total. The van der Waals surface area contributed by atoms with E-state index in [2.05, 4.69) is 5.32 Å². The van der Waals surface area contributed by atoms with E-state index in [1.165, 1.54) is 24.1 Å². The minimum absolute atomic E-state index is 0.0862. The number of hydrogen-bond donors (Lipinski definition) is 1. The molecule has 0 aliphatic rings. The maximum absolute atomic E-state index is 13.9. The van der Waals surface area contributed by atoms with Gasteiger partial charge in [0.2, 0.25) is 11.8 Å². The van der Waals surface area contributed by atoms with Gasteiger partial charge in [0.05, 0.1) is 10.6 Å². The molecular weight excluding hydrogens is 474 g/mol. The van der Waals surface area contributed by atoms with Crippen LogP contribution in [0.1, 0.15) is 30.0 Å². The van der Waals surface area contributed by atoms with E-state index in [1.54, 1.807) is 36.4 Å². The first-order valence-electron chi connectivity index (χ1n) is 11.9. The molecule has 0 aromatic heterocycles.